The highest BCUT2D eigenvalue weighted by atomic mass is 16.5. The lowest BCUT2D eigenvalue weighted by Gasteiger charge is -2.23. The normalized spacial score (nSPS) is 10.7. The number of pyridine rings is 1. The summed E-state index contributed by atoms with van der Waals surface area (Å²) in [5, 5.41) is 0.917. The van der Waals surface area contributed by atoms with Crippen LogP contribution in [0, 0.1) is 6.92 Å². The minimum Gasteiger partial charge on any atom is -0.497 e. The number of carbonyl (C=O) groups is 1. The van der Waals surface area contributed by atoms with Gasteiger partial charge in [0.2, 0.25) is 0 Å². The number of aryl methyl sites for hydroxylation is 1. The second kappa shape index (κ2) is 8.25. The van der Waals surface area contributed by atoms with E-state index in [1.54, 1.807) is 24.1 Å². The van der Waals surface area contributed by atoms with Gasteiger partial charge in [-0.05, 0) is 48.7 Å². The number of nitrogens with zero attached hydrogens (tertiary/aromatic N) is 1. The molecule has 0 saturated heterocycles. The number of hydrogen-bond acceptors (Lipinski definition) is 3. The Balaban J connectivity index is 1.80. The van der Waals surface area contributed by atoms with Crippen LogP contribution in [-0.4, -0.2) is 18.0 Å². The number of carbonyl (C=O) groups excluding carboxylic acids is 1. The maximum absolute atomic E-state index is 13.4. The number of H-pyrrole nitrogens is 1. The van der Waals surface area contributed by atoms with Gasteiger partial charge in [-0.3, -0.25) is 9.59 Å². The topological polar surface area (TPSA) is 62.4 Å². The summed E-state index contributed by atoms with van der Waals surface area (Å²) in [6.07, 6.45) is 0. The van der Waals surface area contributed by atoms with Gasteiger partial charge in [-0.2, -0.15) is 0 Å². The third-order valence-corrected chi connectivity index (χ3v) is 5.03. The molecule has 0 bridgehead atoms. The van der Waals surface area contributed by atoms with Crippen molar-refractivity contribution < 1.29 is 9.53 Å². The van der Waals surface area contributed by atoms with Crippen molar-refractivity contribution in [1.29, 1.82) is 0 Å². The highest BCUT2D eigenvalue weighted by Crippen LogP contribution is 2.25. The number of rotatable bonds is 5. The maximum atomic E-state index is 13.4. The fraction of sp³-hybridized carbons (Fsp3) is 0.120. The quantitative estimate of drug-likeness (QED) is 0.530. The lowest BCUT2D eigenvalue weighted by atomic mass is 10.1. The molecule has 0 aliphatic rings. The molecule has 5 heteroatoms. The van der Waals surface area contributed by atoms with Crippen LogP contribution in [0.3, 0.4) is 0 Å². The van der Waals surface area contributed by atoms with Gasteiger partial charge in [-0.25, -0.2) is 0 Å². The van der Waals surface area contributed by atoms with Crippen molar-refractivity contribution in [2.24, 2.45) is 0 Å². The molecular formula is C25H22N2O3. The van der Waals surface area contributed by atoms with E-state index in [-0.39, 0.29) is 18.0 Å². The molecule has 4 aromatic rings. The van der Waals surface area contributed by atoms with Gasteiger partial charge in [0, 0.05) is 28.4 Å². The summed E-state index contributed by atoms with van der Waals surface area (Å²) in [5.74, 6) is 0.460. The molecule has 30 heavy (non-hydrogen) atoms. The van der Waals surface area contributed by atoms with Gasteiger partial charge in [-0.1, -0.05) is 42.0 Å². The van der Waals surface area contributed by atoms with E-state index >= 15 is 0 Å². The monoisotopic (exact) mass is 398 g/mol. The summed E-state index contributed by atoms with van der Waals surface area (Å²) in [7, 11) is 1.58. The van der Waals surface area contributed by atoms with Crippen LogP contribution in [0.1, 0.15) is 21.5 Å². The van der Waals surface area contributed by atoms with Gasteiger partial charge < -0.3 is 14.6 Å². The summed E-state index contributed by atoms with van der Waals surface area (Å²) in [4.78, 5) is 30.7. The molecule has 1 heterocycles. The molecule has 0 aliphatic carbocycles. The van der Waals surface area contributed by atoms with Gasteiger partial charge in [0.05, 0.1) is 13.7 Å². The Bertz CT molecular complexity index is 1280. The zero-order chi connectivity index (χ0) is 21.1. The average molecular weight is 398 g/mol. The number of para-hydroxylation sites is 1. The third kappa shape index (κ3) is 3.96. The molecule has 5 nitrogen and oxygen atoms in total. The Hall–Kier alpha value is -3.86. The van der Waals surface area contributed by atoms with Crippen LogP contribution in [0.2, 0.25) is 0 Å². The predicted molar refractivity (Wildman–Crippen MR) is 119 cm³/mol. The van der Waals surface area contributed by atoms with E-state index in [1.807, 2.05) is 73.7 Å². The maximum Gasteiger partial charge on any atom is 0.258 e. The molecule has 0 atom stereocenters. The molecule has 0 spiro atoms. The van der Waals surface area contributed by atoms with E-state index in [1.165, 1.54) is 0 Å². The number of amides is 1. The second-order valence-corrected chi connectivity index (χ2v) is 7.17. The summed E-state index contributed by atoms with van der Waals surface area (Å²) >= 11 is 0. The van der Waals surface area contributed by atoms with Crippen molar-refractivity contribution in [2.75, 3.05) is 12.0 Å². The van der Waals surface area contributed by atoms with E-state index in [9.17, 15) is 9.59 Å². The van der Waals surface area contributed by atoms with Crippen LogP contribution in [0.5, 0.6) is 5.75 Å². The van der Waals surface area contributed by atoms with Crippen molar-refractivity contribution in [3.05, 3.63) is 106 Å². The molecule has 0 fully saturated rings. The predicted octanol–water partition coefficient (Wildman–Crippen LogP) is 4.69. The highest BCUT2D eigenvalue weighted by molar-refractivity contribution is 6.06. The van der Waals surface area contributed by atoms with E-state index < -0.39 is 0 Å². The fourth-order valence-corrected chi connectivity index (χ4v) is 3.47. The largest absolute Gasteiger partial charge is 0.497 e. The lowest BCUT2D eigenvalue weighted by molar-refractivity contribution is 0.0985. The van der Waals surface area contributed by atoms with Crippen molar-refractivity contribution in [3.8, 4) is 5.75 Å². The van der Waals surface area contributed by atoms with Crippen molar-refractivity contribution in [2.45, 2.75) is 13.5 Å². The summed E-state index contributed by atoms with van der Waals surface area (Å²) in [5.41, 5.74) is 3.29. The number of aromatic amines is 1. The number of methoxy groups -OCH3 is 1. The van der Waals surface area contributed by atoms with Crippen molar-refractivity contribution >= 4 is 22.5 Å². The minimum absolute atomic E-state index is 0.139. The average Bonchev–Trinajstić information content (AvgIpc) is 2.77. The molecule has 3 aromatic carbocycles. The fourth-order valence-electron chi connectivity index (χ4n) is 3.47. The Morgan fingerprint density at radius 3 is 2.57 bits per heavy atom. The van der Waals surface area contributed by atoms with Crippen LogP contribution in [0.4, 0.5) is 5.69 Å². The van der Waals surface area contributed by atoms with E-state index in [4.69, 9.17) is 4.74 Å². The zero-order valence-corrected chi connectivity index (χ0v) is 16.9. The molecule has 0 unspecified atom stereocenters. The molecule has 0 aliphatic heterocycles. The summed E-state index contributed by atoms with van der Waals surface area (Å²) < 4.78 is 5.34. The number of nitrogens with one attached hydrogen (secondary N) is 1. The first-order valence-corrected chi connectivity index (χ1v) is 9.69. The molecule has 0 saturated carbocycles. The Morgan fingerprint density at radius 2 is 1.77 bits per heavy atom. The number of benzene rings is 3. The van der Waals surface area contributed by atoms with Crippen molar-refractivity contribution in [3.63, 3.8) is 0 Å². The highest BCUT2D eigenvalue weighted by Gasteiger charge is 2.20. The van der Waals surface area contributed by atoms with Crippen LogP contribution in [-0.2, 0) is 6.54 Å². The standard InChI is InChI=1S/C25H22N2O3/c1-17-7-5-9-19(13-17)25(29)27(21-10-6-11-22(15-21)30-2)16-20-14-18-8-3-4-12-23(18)26-24(20)28/h3-15H,16H2,1-2H3,(H,26,28). The van der Waals surface area contributed by atoms with Gasteiger partial charge >= 0.3 is 0 Å². The first-order valence-electron chi connectivity index (χ1n) is 9.69. The smallest absolute Gasteiger partial charge is 0.258 e. The molecule has 0 radical (unpaired) electrons. The third-order valence-electron chi connectivity index (χ3n) is 5.03. The van der Waals surface area contributed by atoms with Crippen molar-refractivity contribution in [1.82, 2.24) is 4.98 Å². The summed E-state index contributed by atoms with van der Waals surface area (Å²) in [6, 6.07) is 24.1. The minimum atomic E-state index is -0.210. The lowest BCUT2D eigenvalue weighted by Crippen LogP contribution is -2.33. The van der Waals surface area contributed by atoms with Crippen LogP contribution in [0.25, 0.3) is 10.9 Å². The SMILES string of the molecule is COc1cccc(N(Cc2cc3ccccc3[nH]c2=O)C(=O)c2cccc(C)c2)c1. The number of ether oxygens (including phenoxy) is 1. The van der Waals surface area contributed by atoms with Gasteiger partial charge in [0.1, 0.15) is 5.75 Å². The van der Waals surface area contributed by atoms with Gasteiger partial charge in [0.15, 0.2) is 0 Å². The first-order chi connectivity index (χ1) is 14.5. The second-order valence-electron chi connectivity index (χ2n) is 7.17. The van der Waals surface area contributed by atoms with Gasteiger partial charge in [0.25, 0.3) is 11.5 Å². The van der Waals surface area contributed by atoms with Crippen LogP contribution < -0.4 is 15.2 Å². The number of fused-ring (bicyclic) bond motifs is 1. The molecule has 150 valence electrons. The van der Waals surface area contributed by atoms with E-state index in [0.717, 1.165) is 16.5 Å². The van der Waals surface area contributed by atoms with Crippen LogP contribution >= 0.6 is 0 Å². The van der Waals surface area contributed by atoms with Gasteiger partial charge in [-0.15, -0.1) is 0 Å². The van der Waals surface area contributed by atoms with E-state index in [2.05, 4.69) is 4.98 Å². The number of aromatic nitrogens is 1. The molecule has 1 amide bonds. The first kappa shape index (κ1) is 19.5. The summed E-state index contributed by atoms with van der Waals surface area (Å²) in [6.45, 7) is 2.08. The Morgan fingerprint density at radius 1 is 0.967 bits per heavy atom. The Kier molecular flexibility index (Phi) is 5.35. The van der Waals surface area contributed by atoms with Crippen LogP contribution in [0.15, 0.2) is 83.7 Å². The Labute approximate surface area is 174 Å². The zero-order valence-electron chi connectivity index (χ0n) is 16.9. The van der Waals surface area contributed by atoms with E-state index in [0.29, 0.717) is 22.6 Å². The molecular weight excluding hydrogens is 376 g/mol. The molecule has 4 rings (SSSR count). The molecule has 1 aromatic heterocycles. The molecule has 1 N–H and O–H groups in total. The number of hydrogen-bond donors (Lipinski definition) is 1. The number of anilines is 1.